The first kappa shape index (κ1) is 20.9. The van der Waals surface area contributed by atoms with E-state index in [1.165, 1.54) is 0 Å². The van der Waals surface area contributed by atoms with Crippen molar-refractivity contribution in [2.24, 2.45) is 0 Å². The number of nitrogens with one attached hydrogen (secondary N) is 3. The van der Waals surface area contributed by atoms with Gasteiger partial charge in [-0.25, -0.2) is 4.79 Å². The molecule has 0 unspecified atom stereocenters. The minimum atomic E-state index is -0.654. The number of piperazine rings is 1. The van der Waals surface area contributed by atoms with Crippen LogP contribution in [0.3, 0.4) is 0 Å². The van der Waals surface area contributed by atoms with Crippen molar-refractivity contribution in [1.82, 2.24) is 15.5 Å². The Hall–Kier alpha value is -2.81. The molecule has 0 aliphatic carbocycles. The van der Waals surface area contributed by atoms with Crippen molar-refractivity contribution in [2.45, 2.75) is 32.4 Å². The minimum absolute atomic E-state index is 0.0163. The molecule has 1 aromatic carbocycles. The maximum Gasteiger partial charge on any atom is 0.321 e. The van der Waals surface area contributed by atoms with E-state index < -0.39 is 12.1 Å². The smallest absolute Gasteiger partial charge is 0.321 e. The maximum atomic E-state index is 12.7. The summed E-state index contributed by atoms with van der Waals surface area (Å²) in [5.74, 6) is 0.806. The zero-order valence-electron chi connectivity index (χ0n) is 16.9. The average Bonchev–Trinajstić information content (AvgIpc) is 2.73. The van der Waals surface area contributed by atoms with Crippen molar-refractivity contribution < 1.29 is 28.8 Å². The van der Waals surface area contributed by atoms with E-state index in [-0.39, 0.29) is 31.0 Å². The Morgan fingerprint density at radius 2 is 1.90 bits per heavy atom. The van der Waals surface area contributed by atoms with Crippen molar-refractivity contribution in [1.29, 1.82) is 0 Å². The summed E-state index contributed by atoms with van der Waals surface area (Å²) in [5, 5.41) is 5.07. The van der Waals surface area contributed by atoms with Gasteiger partial charge in [-0.05, 0) is 25.5 Å². The number of hydrogen-bond acceptors (Lipinski definition) is 5. The third kappa shape index (κ3) is 5.60. The highest BCUT2D eigenvalue weighted by molar-refractivity contribution is 5.94. The van der Waals surface area contributed by atoms with Crippen LogP contribution in [-0.2, 0) is 9.59 Å². The molecule has 3 rings (SSSR count). The monoisotopic (exact) mass is 405 g/mol. The van der Waals surface area contributed by atoms with Gasteiger partial charge in [-0.2, -0.15) is 0 Å². The van der Waals surface area contributed by atoms with Crippen LogP contribution in [0.5, 0.6) is 11.5 Å². The van der Waals surface area contributed by atoms with Gasteiger partial charge in [0.15, 0.2) is 18.0 Å². The van der Waals surface area contributed by atoms with Gasteiger partial charge in [0.25, 0.3) is 11.8 Å². The first-order valence-corrected chi connectivity index (χ1v) is 10.1. The Bertz CT molecular complexity index is 748. The van der Waals surface area contributed by atoms with E-state index in [0.717, 1.165) is 11.3 Å². The fraction of sp³-hybridized carbons (Fsp3) is 0.550. The van der Waals surface area contributed by atoms with Crippen LogP contribution in [0.1, 0.15) is 20.3 Å². The van der Waals surface area contributed by atoms with Crippen LogP contribution >= 0.6 is 0 Å². The first-order chi connectivity index (χ1) is 14.0. The fourth-order valence-electron chi connectivity index (χ4n) is 3.32. The standard InChI is InChI=1S/C20H28N4O5/c1-3-14(2)21-20(27)22-18(25)12-23-8-10-24(11-9-23)19(26)17-13-28-15-6-4-5-7-16(15)29-17/h4-7,14,17H,3,8-13H2,1-2H3,(H2,21,22,25,27)/p+1/t14-,17+/m0/s1. The number of carbonyl (C=O) groups excluding carboxylic acids is 3. The fourth-order valence-corrected chi connectivity index (χ4v) is 3.32. The molecule has 1 aromatic rings. The number of hydrogen-bond donors (Lipinski definition) is 3. The zero-order valence-corrected chi connectivity index (χ0v) is 16.9. The number of amides is 4. The lowest BCUT2D eigenvalue weighted by molar-refractivity contribution is -0.896. The molecule has 9 nitrogen and oxygen atoms in total. The molecule has 3 N–H and O–H groups in total. The summed E-state index contributed by atoms with van der Waals surface area (Å²) in [6.45, 7) is 6.56. The normalized spacial score (nSPS) is 19.9. The van der Waals surface area contributed by atoms with E-state index in [2.05, 4.69) is 10.6 Å². The number of fused-ring (bicyclic) bond motifs is 1. The lowest BCUT2D eigenvalue weighted by Gasteiger charge is -2.35. The molecule has 0 bridgehead atoms. The third-order valence-electron chi connectivity index (χ3n) is 5.22. The van der Waals surface area contributed by atoms with E-state index in [4.69, 9.17) is 9.47 Å². The second-order valence-corrected chi connectivity index (χ2v) is 7.45. The summed E-state index contributed by atoms with van der Waals surface area (Å²) in [6, 6.07) is 6.84. The number of imide groups is 1. The van der Waals surface area contributed by atoms with Crippen molar-refractivity contribution in [3.63, 3.8) is 0 Å². The minimum Gasteiger partial charge on any atom is -0.485 e. The first-order valence-electron chi connectivity index (χ1n) is 10.1. The van der Waals surface area contributed by atoms with Crippen LogP contribution in [0.25, 0.3) is 0 Å². The largest absolute Gasteiger partial charge is 0.485 e. The summed E-state index contributed by atoms with van der Waals surface area (Å²) >= 11 is 0. The van der Waals surface area contributed by atoms with Crippen molar-refractivity contribution in [3.05, 3.63) is 24.3 Å². The van der Waals surface area contributed by atoms with E-state index in [9.17, 15) is 14.4 Å². The number of urea groups is 1. The summed E-state index contributed by atoms with van der Waals surface area (Å²) < 4.78 is 11.4. The highest BCUT2D eigenvalue weighted by atomic mass is 16.6. The van der Waals surface area contributed by atoms with Gasteiger partial charge >= 0.3 is 6.03 Å². The highest BCUT2D eigenvalue weighted by Crippen LogP contribution is 2.31. The van der Waals surface area contributed by atoms with E-state index >= 15 is 0 Å². The topological polar surface area (TPSA) is 101 Å². The van der Waals surface area contributed by atoms with Gasteiger partial charge in [0.05, 0.1) is 26.2 Å². The summed E-state index contributed by atoms with van der Waals surface area (Å²) in [5.41, 5.74) is 0. The van der Waals surface area contributed by atoms with Gasteiger partial charge in [-0.15, -0.1) is 0 Å². The van der Waals surface area contributed by atoms with Gasteiger partial charge in [-0.1, -0.05) is 19.1 Å². The van der Waals surface area contributed by atoms with Crippen LogP contribution in [0.4, 0.5) is 4.79 Å². The van der Waals surface area contributed by atoms with Gasteiger partial charge < -0.3 is 24.6 Å². The lowest BCUT2D eigenvalue weighted by Crippen LogP contribution is -3.16. The van der Waals surface area contributed by atoms with Gasteiger partial charge in [0.2, 0.25) is 6.10 Å². The Morgan fingerprint density at radius 1 is 1.21 bits per heavy atom. The molecule has 158 valence electrons. The molecule has 2 heterocycles. The summed E-state index contributed by atoms with van der Waals surface area (Å²) in [7, 11) is 0. The molecule has 0 spiro atoms. The number of ether oxygens (including phenoxy) is 2. The lowest BCUT2D eigenvalue weighted by atomic mass is 10.2. The Morgan fingerprint density at radius 3 is 2.59 bits per heavy atom. The molecule has 0 radical (unpaired) electrons. The van der Waals surface area contributed by atoms with Crippen LogP contribution in [0.2, 0.25) is 0 Å². The number of quaternary nitrogens is 1. The average molecular weight is 405 g/mol. The van der Waals surface area contributed by atoms with Gasteiger partial charge in [0.1, 0.15) is 6.61 Å². The number of benzene rings is 1. The van der Waals surface area contributed by atoms with Crippen LogP contribution in [0, 0.1) is 0 Å². The van der Waals surface area contributed by atoms with Gasteiger partial charge in [-0.3, -0.25) is 14.9 Å². The molecule has 9 heteroatoms. The maximum absolute atomic E-state index is 12.7. The quantitative estimate of drug-likeness (QED) is 0.594. The number of rotatable bonds is 5. The number of para-hydroxylation sites is 2. The van der Waals surface area contributed by atoms with E-state index in [1.807, 2.05) is 32.0 Å². The molecule has 0 saturated carbocycles. The number of carbonyl (C=O) groups is 3. The zero-order chi connectivity index (χ0) is 20.8. The molecule has 1 fully saturated rings. The van der Waals surface area contributed by atoms with Crippen molar-refractivity contribution in [3.8, 4) is 11.5 Å². The molecule has 2 aliphatic rings. The van der Waals surface area contributed by atoms with Gasteiger partial charge in [0, 0.05) is 6.04 Å². The second-order valence-electron chi connectivity index (χ2n) is 7.45. The molecule has 29 heavy (non-hydrogen) atoms. The van der Waals surface area contributed by atoms with Crippen molar-refractivity contribution in [2.75, 3.05) is 39.3 Å². The summed E-state index contributed by atoms with van der Waals surface area (Å²) in [6.07, 6.45) is 0.142. The SMILES string of the molecule is CC[C@H](C)NC(=O)NC(=O)C[NH+]1CCN(C(=O)[C@H]2COc3ccccc3O2)CC1. The number of nitrogens with zero attached hydrogens (tertiary/aromatic N) is 1. The molecule has 2 atom stereocenters. The Labute approximate surface area is 170 Å². The predicted octanol–water partition coefficient (Wildman–Crippen LogP) is -0.822. The Kier molecular flexibility index (Phi) is 6.92. The Balaban J connectivity index is 1.42. The molecule has 4 amide bonds. The van der Waals surface area contributed by atoms with Crippen molar-refractivity contribution >= 4 is 17.8 Å². The summed E-state index contributed by atoms with van der Waals surface area (Å²) in [4.78, 5) is 39.3. The molecular formula is C20H29N4O5+. The molecule has 2 aliphatic heterocycles. The second kappa shape index (κ2) is 9.60. The van der Waals surface area contributed by atoms with E-state index in [1.54, 1.807) is 11.0 Å². The third-order valence-corrected chi connectivity index (χ3v) is 5.22. The molecule has 0 aromatic heterocycles. The van der Waals surface area contributed by atoms with Crippen LogP contribution < -0.4 is 25.0 Å². The molecule has 1 saturated heterocycles. The van der Waals surface area contributed by atoms with Crippen LogP contribution in [-0.4, -0.2) is 74.2 Å². The molecular weight excluding hydrogens is 376 g/mol. The highest BCUT2D eigenvalue weighted by Gasteiger charge is 2.34. The van der Waals surface area contributed by atoms with Crippen LogP contribution in [0.15, 0.2) is 24.3 Å². The predicted molar refractivity (Wildman–Crippen MR) is 105 cm³/mol. The van der Waals surface area contributed by atoms with E-state index in [0.29, 0.717) is 37.7 Å².